The highest BCUT2D eigenvalue weighted by Crippen LogP contribution is 2.27. The largest absolute Gasteiger partial charge is 0.335 e. The quantitative estimate of drug-likeness (QED) is 0.807. The summed E-state index contributed by atoms with van der Waals surface area (Å²) in [5.74, 6) is 0.236. The summed E-state index contributed by atoms with van der Waals surface area (Å²) in [6.45, 7) is 4.88. The number of hydrogen-bond donors (Lipinski definition) is 0. The van der Waals surface area contributed by atoms with Crippen molar-refractivity contribution in [1.82, 2.24) is 4.90 Å². The van der Waals surface area contributed by atoms with Crippen molar-refractivity contribution in [2.75, 3.05) is 13.1 Å². The molecule has 1 aliphatic rings. The first-order chi connectivity index (χ1) is 7.99. The fourth-order valence-corrected chi connectivity index (χ4v) is 2.60. The van der Waals surface area contributed by atoms with Crippen molar-refractivity contribution in [3.8, 4) is 0 Å². The molecule has 1 aromatic heterocycles. The molecular weight excluding hydrogens is 234 g/mol. The number of ketones is 1. The van der Waals surface area contributed by atoms with Gasteiger partial charge in [0, 0.05) is 16.8 Å². The highest BCUT2D eigenvalue weighted by atomic mass is 32.1. The van der Waals surface area contributed by atoms with Crippen LogP contribution in [0.5, 0.6) is 0 Å². The number of likely N-dealkylation sites (tertiary alicyclic amines) is 1. The van der Waals surface area contributed by atoms with Gasteiger partial charge in [0.05, 0.1) is 13.0 Å². The number of nitrogens with zero attached hydrogens (tertiary/aromatic N) is 1. The van der Waals surface area contributed by atoms with Crippen molar-refractivity contribution in [1.29, 1.82) is 0 Å². The van der Waals surface area contributed by atoms with Crippen molar-refractivity contribution >= 4 is 23.0 Å². The number of amides is 1. The van der Waals surface area contributed by atoms with Crippen molar-refractivity contribution in [2.45, 2.75) is 26.7 Å². The first-order valence-electron chi connectivity index (χ1n) is 5.82. The van der Waals surface area contributed by atoms with E-state index in [0.717, 1.165) is 11.3 Å². The zero-order valence-corrected chi connectivity index (χ0v) is 11.0. The third kappa shape index (κ3) is 2.75. The van der Waals surface area contributed by atoms with Gasteiger partial charge in [-0.3, -0.25) is 9.59 Å². The summed E-state index contributed by atoms with van der Waals surface area (Å²) in [6, 6.07) is 3.90. The first-order valence-corrected chi connectivity index (χ1v) is 6.70. The van der Waals surface area contributed by atoms with E-state index >= 15 is 0 Å². The Kier molecular flexibility index (Phi) is 3.33. The fourth-order valence-electron chi connectivity index (χ4n) is 1.91. The molecule has 1 aromatic rings. The molecule has 0 saturated carbocycles. The molecule has 0 aromatic carbocycles. The second kappa shape index (κ2) is 4.61. The van der Waals surface area contributed by atoms with E-state index in [-0.39, 0.29) is 23.7 Å². The SMILES string of the molecule is CC1(C)CCN(C(=O)Cc2cccs2)CC1=O. The van der Waals surface area contributed by atoms with Crippen LogP contribution in [0.4, 0.5) is 0 Å². The second-order valence-electron chi connectivity index (χ2n) is 5.13. The molecule has 0 aliphatic carbocycles. The van der Waals surface area contributed by atoms with E-state index in [1.807, 2.05) is 31.4 Å². The van der Waals surface area contributed by atoms with Gasteiger partial charge in [-0.2, -0.15) is 0 Å². The van der Waals surface area contributed by atoms with E-state index in [9.17, 15) is 9.59 Å². The molecule has 0 unspecified atom stereocenters. The van der Waals surface area contributed by atoms with Crippen molar-refractivity contribution in [3.63, 3.8) is 0 Å². The summed E-state index contributed by atoms with van der Waals surface area (Å²) in [5, 5.41) is 1.97. The number of carbonyl (C=O) groups excluding carboxylic acids is 2. The topological polar surface area (TPSA) is 37.4 Å². The van der Waals surface area contributed by atoms with Gasteiger partial charge in [0.15, 0.2) is 5.78 Å². The predicted molar refractivity (Wildman–Crippen MR) is 68.0 cm³/mol. The van der Waals surface area contributed by atoms with E-state index in [2.05, 4.69) is 0 Å². The number of piperidine rings is 1. The minimum Gasteiger partial charge on any atom is -0.335 e. The van der Waals surface area contributed by atoms with Gasteiger partial charge in [0.25, 0.3) is 0 Å². The maximum atomic E-state index is 12.0. The molecule has 92 valence electrons. The smallest absolute Gasteiger partial charge is 0.228 e. The number of rotatable bonds is 2. The summed E-state index contributed by atoms with van der Waals surface area (Å²) in [5.41, 5.74) is -0.264. The molecule has 1 aliphatic heterocycles. The Bertz CT molecular complexity index is 423. The number of Topliss-reactive ketones (excluding diaryl/α,β-unsaturated/α-hetero) is 1. The average molecular weight is 251 g/mol. The van der Waals surface area contributed by atoms with Gasteiger partial charge >= 0.3 is 0 Å². The summed E-state index contributed by atoms with van der Waals surface area (Å²) in [6.07, 6.45) is 1.19. The highest BCUT2D eigenvalue weighted by molar-refractivity contribution is 7.10. The standard InChI is InChI=1S/C13H17NO2S/c1-13(2)5-6-14(9-11(13)15)12(16)8-10-4-3-7-17-10/h3-4,7H,5-6,8-9H2,1-2H3. The van der Waals surface area contributed by atoms with Gasteiger partial charge < -0.3 is 4.90 Å². The average Bonchev–Trinajstić information content (AvgIpc) is 2.74. The van der Waals surface area contributed by atoms with Crippen LogP contribution in [0.2, 0.25) is 0 Å². The van der Waals surface area contributed by atoms with Gasteiger partial charge in [0.1, 0.15) is 0 Å². The van der Waals surface area contributed by atoms with Gasteiger partial charge in [-0.15, -0.1) is 11.3 Å². The summed E-state index contributed by atoms with van der Waals surface area (Å²) >= 11 is 1.58. The lowest BCUT2D eigenvalue weighted by Gasteiger charge is -2.35. The van der Waals surface area contributed by atoms with Crippen LogP contribution in [0, 0.1) is 5.41 Å². The Hall–Kier alpha value is -1.16. The lowest BCUT2D eigenvalue weighted by atomic mass is 9.81. The van der Waals surface area contributed by atoms with Crippen LogP contribution in [0.3, 0.4) is 0 Å². The first kappa shape index (κ1) is 12.3. The molecule has 1 saturated heterocycles. The summed E-state index contributed by atoms with van der Waals surface area (Å²) in [4.78, 5) is 26.6. The Morgan fingerprint density at radius 3 is 2.88 bits per heavy atom. The lowest BCUT2D eigenvalue weighted by molar-refractivity contribution is -0.142. The Morgan fingerprint density at radius 2 is 2.29 bits per heavy atom. The fraction of sp³-hybridized carbons (Fsp3) is 0.538. The summed E-state index contributed by atoms with van der Waals surface area (Å²) in [7, 11) is 0. The maximum Gasteiger partial charge on any atom is 0.228 e. The molecular formula is C13H17NO2S. The molecule has 0 radical (unpaired) electrons. The van der Waals surface area contributed by atoms with Gasteiger partial charge in [-0.25, -0.2) is 0 Å². The van der Waals surface area contributed by atoms with E-state index in [0.29, 0.717) is 13.0 Å². The second-order valence-corrected chi connectivity index (χ2v) is 6.16. The van der Waals surface area contributed by atoms with Crippen LogP contribution >= 0.6 is 11.3 Å². The van der Waals surface area contributed by atoms with E-state index < -0.39 is 0 Å². The highest BCUT2D eigenvalue weighted by Gasteiger charge is 2.35. The predicted octanol–water partition coefficient (Wildman–Crippen LogP) is 2.12. The number of thiophene rings is 1. The molecule has 17 heavy (non-hydrogen) atoms. The van der Waals surface area contributed by atoms with Gasteiger partial charge in [0.2, 0.25) is 5.91 Å². The number of hydrogen-bond acceptors (Lipinski definition) is 3. The van der Waals surface area contributed by atoms with Crippen LogP contribution in [0.15, 0.2) is 17.5 Å². The van der Waals surface area contributed by atoms with Crippen molar-refractivity contribution in [3.05, 3.63) is 22.4 Å². The molecule has 0 atom stereocenters. The van der Waals surface area contributed by atoms with Crippen LogP contribution in [-0.4, -0.2) is 29.7 Å². The molecule has 1 amide bonds. The van der Waals surface area contributed by atoms with Gasteiger partial charge in [-0.1, -0.05) is 19.9 Å². The van der Waals surface area contributed by atoms with Crippen LogP contribution < -0.4 is 0 Å². The lowest BCUT2D eigenvalue weighted by Crippen LogP contribution is -2.48. The maximum absolute atomic E-state index is 12.0. The number of carbonyl (C=O) groups is 2. The van der Waals surface area contributed by atoms with Crippen LogP contribution in [0.1, 0.15) is 25.1 Å². The minimum absolute atomic E-state index is 0.0660. The third-order valence-corrected chi connectivity index (χ3v) is 4.23. The molecule has 0 bridgehead atoms. The molecule has 2 rings (SSSR count). The van der Waals surface area contributed by atoms with Crippen molar-refractivity contribution < 1.29 is 9.59 Å². The zero-order chi connectivity index (χ0) is 12.5. The molecule has 0 spiro atoms. The van der Waals surface area contributed by atoms with Crippen molar-refractivity contribution in [2.24, 2.45) is 5.41 Å². The molecule has 0 N–H and O–H groups in total. The monoisotopic (exact) mass is 251 g/mol. The summed E-state index contributed by atoms with van der Waals surface area (Å²) < 4.78 is 0. The van der Waals surface area contributed by atoms with E-state index in [4.69, 9.17) is 0 Å². The van der Waals surface area contributed by atoms with E-state index in [1.165, 1.54) is 0 Å². The molecule has 1 fully saturated rings. The third-order valence-electron chi connectivity index (χ3n) is 3.35. The Labute approximate surface area is 105 Å². The minimum atomic E-state index is -0.264. The molecule has 2 heterocycles. The van der Waals surface area contributed by atoms with E-state index in [1.54, 1.807) is 16.2 Å². The molecule has 4 heteroatoms. The van der Waals surface area contributed by atoms with Crippen LogP contribution in [-0.2, 0) is 16.0 Å². The Morgan fingerprint density at radius 1 is 1.53 bits per heavy atom. The molecule has 3 nitrogen and oxygen atoms in total. The van der Waals surface area contributed by atoms with Gasteiger partial charge in [-0.05, 0) is 17.9 Å². The Balaban J connectivity index is 1.96. The zero-order valence-electron chi connectivity index (χ0n) is 10.2. The van der Waals surface area contributed by atoms with Crippen LogP contribution in [0.25, 0.3) is 0 Å². The normalized spacial score (nSPS) is 19.4.